The fraction of sp³-hybridized carbons (Fsp3) is 0.176. The summed E-state index contributed by atoms with van der Waals surface area (Å²) in [5.41, 5.74) is 2.91. The Morgan fingerprint density at radius 2 is 1.86 bits per heavy atom. The predicted molar refractivity (Wildman–Crippen MR) is 88.6 cm³/mol. The predicted octanol–water partition coefficient (Wildman–Crippen LogP) is 5.18. The molecular weight excluding hydrogens is 348 g/mol. The van der Waals surface area contributed by atoms with Gasteiger partial charge in [-0.2, -0.15) is 5.26 Å². The van der Waals surface area contributed by atoms with E-state index < -0.39 is 0 Å². The molecule has 0 amide bonds. The fourth-order valence-corrected chi connectivity index (χ4v) is 3.10. The first-order valence-corrected chi connectivity index (χ1v) is 7.83. The van der Waals surface area contributed by atoms with E-state index in [0.717, 1.165) is 21.3 Å². The Bertz CT molecular complexity index is 731. The van der Waals surface area contributed by atoms with Gasteiger partial charge in [0.1, 0.15) is 0 Å². The van der Waals surface area contributed by atoms with Crippen LogP contribution in [0.2, 0.25) is 5.02 Å². The van der Waals surface area contributed by atoms with Crippen molar-refractivity contribution in [1.82, 2.24) is 0 Å². The van der Waals surface area contributed by atoms with Crippen LogP contribution in [0.4, 0.5) is 0 Å². The summed E-state index contributed by atoms with van der Waals surface area (Å²) in [5, 5.41) is 10.1. The standard InChI is InChI=1S/C17H12BrClN2/c18-13-7-5-11(6-8-13)17-12(10-20)9-16(21-17)14-3-1-2-4-15(14)19/h1-8,12,17H,9H2. The third-order valence-electron chi connectivity index (χ3n) is 3.65. The lowest BCUT2D eigenvalue weighted by Crippen LogP contribution is -2.05. The Balaban J connectivity index is 1.99. The van der Waals surface area contributed by atoms with Crippen molar-refractivity contribution in [3.8, 4) is 6.07 Å². The van der Waals surface area contributed by atoms with E-state index in [-0.39, 0.29) is 12.0 Å². The normalized spacial score (nSPS) is 20.9. The first-order valence-electron chi connectivity index (χ1n) is 6.65. The Morgan fingerprint density at radius 3 is 2.52 bits per heavy atom. The van der Waals surface area contributed by atoms with Gasteiger partial charge in [-0.1, -0.05) is 57.9 Å². The minimum absolute atomic E-state index is 0.116. The number of nitriles is 1. The van der Waals surface area contributed by atoms with Crippen molar-refractivity contribution < 1.29 is 0 Å². The van der Waals surface area contributed by atoms with Gasteiger partial charge in [0.25, 0.3) is 0 Å². The van der Waals surface area contributed by atoms with Gasteiger partial charge in [-0.25, -0.2) is 0 Å². The summed E-state index contributed by atoms with van der Waals surface area (Å²) in [6.07, 6.45) is 0.640. The number of rotatable bonds is 2. The molecule has 0 saturated heterocycles. The average molecular weight is 360 g/mol. The lowest BCUT2D eigenvalue weighted by molar-refractivity contribution is 0.593. The van der Waals surface area contributed by atoms with Gasteiger partial charge in [0.2, 0.25) is 0 Å². The van der Waals surface area contributed by atoms with Crippen molar-refractivity contribution in [3.05, 3.63) is 69.2 Å². The van der Waals surface area contributed by atoms with Crippen molar-refractivity contribution in [2.75, 3.05) is 0 Å². The smallest absolute Gasteiger partial charge is 0.0914 e. The van der Waals surface area contributed by atoms with Crippen LogP contribution in [0.25, 0.3) is 0 Å². The van der Waals surface area contributed by atoms with Gasteiger partial charge in [-0.3, -0.25) is 4.99 Å². The molecule has 0 bridgehead atoms. The van der Waals surface area contributed by atoms with Gasteiger partial charge < -0.3 is 0 Å². The van der Waals surface area contributed by atoms with Crippen LogP contribution in [0, 0.1) is 17.2 Å². The Morgan fingerprint density at radius 1 is 1.14 bits per heavy atom. The van der Waals surface area contributed by atoms with Gasteiger partial charge in [0.05, 0.1) is 18.0 Å². The second kappa shape index (κ2) is 6.01. The van der Waals surface area contributed by atoms with Gasteiger partial charge in [0, 0.05) is 27.2 Å². The molecule has 21 heavy (non-hydrogen) atoms. The maximum absolute atomic E-state index is 9.42. The second-order valence-corrected chi connectivity index (χ2v) is 6.31. The Kier molecular flexibility index (Phi) is 4.10. The molecule has 0 radical (unpaired) electrons. The molecule has 0 fully saturated rings. The third-order valence-corrected chi connectivity index (χ3v) is 4.51. The number of halogens is 2. The van der Waals surface area contributed by atoms with E-state index in [4.69, 9.17) is 16.6 Å². The average Bonchev–Trinajstić information content (AvgIpc) is 2.92. The summed E-state index contributed by atoms with van der Waals surface area (Å²) in [4.78, 5) is 4.77. The third kappa shape index (κ3) is 2.88. The van der Waals surface area contributed by atoms with E-state index in [1.807, 2.05) is 48.5 Å². The second-order valence-electron chi connectivity index (χ2n) is 4.99. The highest BCUT2D eigenvalue weighted by atomic mass is 79.9. The highest BCUT2D eigenvalue weighted by Gasteiger charge is 2.31. The molecule has 4 heteroatoms. The molecule has 2 atom stereocenters. The molecule has 2 unspecified atom stereocenters. The molecule has 0 aliphatic carbocycles. The first-order chi connectivity index (χ1) is 10.2. The largest absolute Gasteiger partial charge is 0.280 e. The van der Waals surface area contributed by atoms with Gasteiger partial charge in [0.15, 0.2) is 0 Å². The molecule has 2 nitrogen and oxygen atoms in total. The van der Waals surface area contributed by atoms with Crippen LogP contribution in [0.3, 0.4) is 0 Å². The van der Waals surface area contributed by atoms with E-state index in [2.05, 4.69) is 22.0 Å². The zero-order chi connectivity index (χ0) is 14.8. The quantitative estimate of drug-likeness (QED) is 0.728. The molecule has 1 aliphatic heterocycles. The lowest BCUT2D eigenvalue weighted by Gasteiger charge is -2.11. The van der Waals surface area contributed by atoms with Crippen LogP contribution < -0.4 is 0 Å². The summed E-state index contributed by atoms with van der Waals surface area (Å²) in [5.74, 6) is -0.141. The van der Waals surface area contributed by atoms with E-state index in [1.54, 1.807) is 0 Å². The molecule has 0 N–H and O–H groups in total. The summed E-state index contributed by atoms with van der Waals surface area (Å²) in [6.45, 7) is 0. The van der Waals surface area contributed by atoms with Gasteiger partial charge in [-0.05, 0) is 23.8 Å². The maximum atomic E-state index is 9.42. The molecule has 104 valence electrons. The van der Waals surface area contributed by atoms with Crippen molar-refractivity contribution in [2.45, 2.75) is 12.5 Å². The molecule has 3 rings (SSSR count). The first kappa shape index (κ1) is 14.3. The summed E-state index contributed by atoms with van der Waals surface area (Å²) in [6, 6.07) is 17.9. The van der Waals surface area contributed by atoms with Crippen molar-refractivity contribution in [2.24, 2.45) is 10.9 Å². The number of aliphatic imine (C=N–C) groups is 1. The number of nitrogens with zero attached hydrogens (tertiary/aromatic N) is 2. The van der Waals surface area contributed by atoms with E-state index >= 15 is 0 Å². The molecule has 2 aromatic rings. The number of hydrogen-bond donors (Lipinski definition) is 0. The molecule has 0 aromatic heterocycles. The highest BCUT2D eigenvalue weighted by molar-refractivity contribution is 9.10. The van der Waals surface area contributed by atoms with Gasteiger partial charge >= 0.3 is 0 Å². The Hall–Kier alpha value is -1.63. The molecule has 0 spiro atoms. The van der Waals surface area contributed by atoms with Crippen LogP contribution in [0.15, 0.2) is 58.0 Å². The topological polar surface area (TPSA) is 36.1 Å². The zero-order valence-corrected chi connectivity index (χ0v) is 13.5. The number of benzene rings is 2. The van der Waals surface area contributed by atoms with E-state index in [9.17, 15) is 5.26 Å². The Labute approximate surface area is 137 Å². The SMILES string of the molecule is N#CC1CC(c2ccccc2Cl)=NC1c1ccc(Br)cc1. The van der Waals surface area contributed by atoms with Crippen molar-refractivity contribution in [1.29, 1.82) is 5.26 Å². The van der Waals surface area contributed by atoms with Crippen molar-refractivity contribution >= 4 is 33.2 Å². The van der Waals surface area contributed by atoms with Crippen molar-refractivity contribution in [3.63, 3.8) is 0 Å². The summed E-state index contributed by atoms with van der Waals surface area (Å²) in [7, 11) is 0. The minimum Gasteiger partial charge on any atom is -0.280 e. The van der Waals surface area contributed by atoms with Crippen LogP contribution in [-0.2, 0) is 0 Å². The maximum Gasteiger partial charge on any atom is 0.0914 e. The number of hydrogen-bond acceptors (Lipinski definition) is 2. The summed E-state index contributed by atoms with van der Waals surface area (Å²) < 4.78 is 1.02. The van der Waals surface area contributed by atoms with E-state index in [1.165, 1.54) is 0 Å². The van der Waals surface area contributed by atoms with Crippen LogP contribution in [0.5, 0.6) is 0 Å². The highest BCUT2D eigenvalue weighted by Crippen LogP contribution is 2.37. The summed E-state index contributed by atoms with van der Waals surface area (Å²) >= 11 is 9.67. The molecule has 0 saturated carbocycles. The zero-order valence-electron chi connectivity index (χ0n) is 11.1. The molecule has 1 aliphatic rings. The molecular formula is C17H12BrClN2. The molecule has 2 aromatic carbocycles. The lowest BCUT2D eigenvalue weighted by atomic mass is 9.93. The minimum atomic E-state index is -0.141. The van der Waals surface area contributed by atoms with E-state index in [0.29, 0.717) is 11.4 Å². The van der Waals surface area contributed by atoms with Gasteiger partial charge in [-0.15, -0.1) is 0 Å². The molecule has 1 heterocycles. The van der Waals surface area contributed by atoms with Crippen LogP contribution >= 0.6 is 27.5 Å². The monoisotopic (exact) mass is 358 g/mol. The van der Waals surface area contributed by atoms with Crippen LogP contribution in [0.1, 0.15) is 23.6 Å². The fourth-order valence-electron chi connectivity index (χ4n) is 2.59. The van der Waals surface area contributed by atoms with Crippen LogP contribution in [-0.4, -0.2) is 5.71 Å².